The van der Waals surface area contributed by atoms with E-state index < -0.39 is 110 Å². The van der Waals surface area contributed by atoms with Crippen LogP contribution in [0.2, 0.25) is 0 Å². The summed E-state index contributed by atoms with van der Waals surface area (Å²) in [4.78, 5) is 60.2. The molecule has 340 valence electrons. The largest absolute Gasteiger partial charge is 0.296 e. The first kappa shape index (κ1) is 46.4. The highest BCUT2D eigenvalue weighted by Gasteiger charge is 2.36. The van der Waals surface area contributed by atoms with Gasteiger partial charge in [0, 0.05) is 41.1 Å². The smallest absolute Gasteiger partial charge is 0.287 e. The summed E-state index contributed by atoms with van der Waals surface area (Å²) in [6.07, 6.45) is 0.606. The molecule has 0 bridgehead atoms. The number of anilines is 3. The lowest BCUT2D eigenvalue weighted by Gasteiger charge is -2.19. The molecule has 0 saturated carbocycles. The Bertz CT molecular complexity index is 3820. The van der Waals surface area contributed by atoms with Crippen LogP contribution in [0.5, 0.6) is 0 Å². The Morgan fingerprint density at radius 3 is 1.69 bits per heavy atom. The van der Waals surface area contributed by atoms with Gasteiger partial charge in [0.1, 0.15) is 20.8 Å². The molecule has 1 aliphatic rings. The summed E-state index contributed by atoms with van der Waals surface area (Å²) >= 11 is 0. The first-order valence-electron chi connectivity index (χ1n) is 18.1. The number of rotatable bonds is 13. The lowest BCUT2D eigenvalue weighted by molar-refractivity contribution is -0.385. The van der Waals surface area contributed by atoms with Crippen LogP contribution < -0.4 is 37.8 Å². The summed E-state index contributed by atoms with van der Waals surface area (Å²) in [5.41, 5.74) is 0.253. The van der Waals surface area contributed by atoms with Crippen LogP contribution in [0, 0.1) is 20.2 Å². The Morgan fingerprint density at radius 2 is 1.13 bits per heavy atom. The van der Waals surface area contributed by atoms with Crippen molar-refractivity contribution in [2.45, 2.75) is 9.79 Å². The number of non-ortho nitro benzene ring substituents is 2. The number of hydrazone groups is 1. The van der Waals surface area contributed by atoms with E-state index in [0.717, 1.165) is 54.6 Å². The average molecular weight is 973 g/mol. The Kier molecular flexibility index (Phi) is 12.3. The molecule has 0 spiro atoms. The van der Waals surface area contributed by atoms with Crippen molar-refractivity contribution in [3.8, 4) is 0 Å². The summed E-state index contributed by atoms with van der Waals surface area (Å²) in [7, 11) is -15.3. The minimum Gasteiger partial charge on any atom is -0.287 e. The van der Waals surface area contributed by atoms with Gasteiger partial charge in [0.2, 0.25) is 16.6 Å². The molecule has 0 saturated heterocycles. The van der Waals surface area contributed by atoms with Crippen molar-refractivity contribution >= 4 is 98.5 Å². The van der Waals surface area contributed by atoms with Gasteiger partial charge in [-0.05, 0) is 60.2 Å². The fourth-order valence-corrected chi connectivity index (χ4v) is 8.10. The molecule has 6 aromatic rings. The van der Waals surface area contributed by atoms with E-state index >= 15 is 0 Å². The average Bonchev–Trinajstić information content (AvgIpc) is 3.26. The Labute approximate surface area is 372 Å². The molecule has 26 nitrogen and oxygen atoms in total. The topological polar surface area (TPSA) is 398 Å². The Balaban J connectivity index is 1.40. The van der Waals surface area contributed by atoms with Gasteiger partial charge in [0.25, 0.3) is 41.7 Å². The molecule has 1 aliphatic carbocycles. The first-order valence-corrected chi connectivity index (χ1v) is 22.4. The number of nitrogens with one attached hydrogen (secondary N) is 3. The number of hydrogen-bond acceptors (Lipinski definition) is 21. The molecule has 0 aliphatic heterocycles. The predicted molar refractivity (Wildman–Crippen MR) is 235 cm³/mol. The van der Waals surface area contributed by atoms with Crippen LogP contribution in [0.25, 0.3) is 16.8 Å². The summed E-state index contributed by atoms with van der Waals surface area (Å²) in [5, 5.41) is 40.3. The second-order valence-electron chi connectivity index (χ2n) is 13.6. The third-order valence-electron chi connectivity index (χ3n) is 9.30. The van der Waals surface area contributed by atoms with E-state index in [1.165, 1.54) is 36.4 Å². The van der Waals surface area contributed by atoms with Gasteiger partial charge >= 0.3 is 0 Å². The van der Waals surface area contributed by atoms with Gasteiger partial charge in [-0.2, -0.15) is 40.6 Å². The normalized spacial score (nSPS) is 14.3. The zero-order valence-electron chi connectivity index (χ0n) is 32.9. The number of azo groups is 1. The fourth-order valence-electron chi connectivity index (χ4n) is 6.20. The molecule has 6 aromatic carbocycles. The minimum atomic E-state index is -5.35. The molecule has 67 heavy (non-hydrogen) atoms. The van der Waals surface area contributed by atoms with Crippen LogP contribution in [0.15, 0.2) is 153 Å². The van der Waals surface area contributed by atoms with Gasteiger partial charge in [0.05, 0.1) is 43.1 Å². The van der Waals surface area contributed by atoms with Crippen molar-refractivity contribution in [3.63, 3.8) is 0 Å². The van der Waals surface area contributed by atoms with Crippen LogP contribution in [0.3, 0.4) is 0 Å². The first-order chi connectivity index (χ1) is 31.5. The molecule has 0 fully saturated rings. The van der Waals surface area contributed by atoms with Crippen molar-refractivity contribution in [2.75, 3.05) is 16.3 Å². The molecule has 7 rings (SSSR count). The molecule has 0 aromatic heterocycles. The number of nitro benzene ring substituents is 2. The number of Topliss-reactive ketones (excluding diaryl/α,β-unsaturated/α-hetero) is 1. The van der Waals surface area contributed by atoms with Crippen LogP contribution in [0.1, 0.15) is 15.9 Å². The Morgan fingerprint density at radius 1 is 0.567 bits per heavy atom. The number of fused-ring (bicyclic) bond motifs is 2. The number of carbonyl (C=O) groups is 1. The van der Waals surface area contributed by atoms with E-state index in [9.17, 15) is 73.5 Å². The highest BCUT2D eigenvalue weighted by Crippen LogP contribution is 2.34. The standard InChI is InChI=1S/C38H24N10O16S3/c49-36-29(43-39-20-5-9-22(10-6-20)47(52)53)18-30(44-41-27-13-14-31(66(59,60)61)26-4-2-1-3-25(26)27)37(50)35(36)46-42-28-17-24(65(56,57)58)15-19-16-32(67(62,63)64)34(38(51)33(19)28)45-40-21-7-11-23(12-8-21)48(54)55/h1-18,39-40,42H,(H,56,57,58)(H,59,60,61)(H,62,63,64)/b43-29+,44-41?,45-34+,46-35+. The zero-order chi connectivity index (χ0) is 48.6. The van der Waals surface area contributed by atoms with Gasteiger partial charge in [0.15, 0.2) is 11.1 Å². The van der Waals surface area contributed by atoms with Crippen LogP contribution in [-0.4, -0.2) is 60.3 Å². The number of carbonyl (C=O) groups excluding carboxylic acids is 1. The highest BCUT2D eigenvalue weighted by atomic mass is 32.2. The molecular formula is C38H24N10O16S3. The number of allylic oxidation sites excluding steroid dienone is 1. The second kappa shape index (κ2) is 17.8. The van der Waals surface area contributed by atoms with E-state index in [2.05, 4.69) is 41.8 Å². The number of nitrogens with zero attached hydrogens (tertiary/aromatic N) is 7. The molecule has 0 radical (unpaired) electrons. The number of hydrogen-bond donors (Lipinski definition) is 6. The fraction of sp³-hybridized carbons (Fsp3) is 0. The molecule has 0 heterocycles. The summed E-state index contributed by atoms with van der Waals surface area (Å²) in [6.45, 7) is 0. The van der Waals surface area contributed by atoms with E-state index in [0.29, 0.717) is 18.2 Å². The van der Waals surface area contributed by atoms with E-state index in [1.54, 1.807) is 0 Å². The van der Waals surface area contributed by atoms with Crippen LogP contribution >= 0.6 is 0 Å². The zero-order valence-corrected chi connectivity index (χ0v) is 35.3. The number of benzene rings is 6. The van der Waals surface area contributed by atoms with Crippen molar-refractivity contribution in [1.82, 2.24) is 0 Å². The highest BCUT2D eigenvalue weighted by molar-refractivity contribution is 7.91. The third-order valence-corrected chi connectivity index (χ3v) is 11.9. The lowest BCUT2D eigenvalue weighted by Crippen LogP contribution is -2.48. The number of nitro groups is 2. The molecule has 29 heteroatoms. The Hall–Kier alpha value is -8.61. The monoisotopic (exact) mass is 972 g/mol. The molecular weight excluding hydrogens is 949 g/mol. The van der Waals surface area contributed by atoms with Crippen LogP contribution in [-0.2, 0) is 30.4 Å². The van der Waals surface area contributed by atoms with Crippen molar-refractivity contribution in [3.05, 3.63) is 171 Å². The van der Waals surface area contributed by atoms with Crippen LogP contribution in [0.4, 0.5) is 39.8 Å². The van der Waals surface area contributed by atoms with Crippen molar-refractivity contribution in [1.29, 1.82) is 0 Å². The maximum Gasteiger partial charge on any atom is 0.296 e. The maximum absolute atomic E-state index is 14.1. The van der Waals surface area contributed by atoms with E-state index in [1.807, 2.05) is 0 Å². The van der Waals surface area contributed by atoms with Gasteiger partial charge in [-0.25, -0.2) is 0 Å². The predicted octanol–water partition coefficient (Wildman–Crippen LogP) is 3.91. The van der Waals surface area contributed by atoms with E-state index in [-0.39, 0.29) is 39.2 Å². The summed E-state index contributed by atoms with van der Waals surface area (Å²) in [6, 6.07) is 19.1. The van der Waals surface area contributed by atoms with Gasteiger partial charge in [-0.15, -0.1) is 10.2 Å². The number of ketones is 1. The van der Waals surface area contributed by atoms with Gasteiger partial charge < -0.3 is 0 Å². The summed E-state index contributed by atoms with van der Waals surface area (Å²) in [5.74, 6) is -1.36. The minimum absolute atomic E-state index is 0.0143. The molecule has 0 amide bonds. The quantitative estimate of drug-likeness (QED) is 0.0413. The van der Waals surface area contributed by atoms with Crippen molar-refractivity contribution in [2.24, 2.45) is 25.5 Å². The third kappa shape index (κ3) is 9.90. The SMILES string of the molecule is O=C1/C(=N/Nc2ccc([N+](=O)[O-])cc2)C(S(=O)(=O)O)=Cc2cc(S(=O)(=O)O)cc(N/N=c3/c(=O)c(N=Nc4ccc(S(=O)(=O)O)c5ccccc45)c/c(=N\Nc4ccc([N+](=O)[O-])cc4)c3=O)c21. The molecule has 0 unspecified atom stereocenters. The second-order valence-corrected chi connectivity index (χ2v) is 17.8. The van der Waals surface area contributed by atoms with Gasteiger partial charge in [-0.1, -0.05) is 24.3 Å². The van der Waals surface area contributed by atoms with E-state index in [4.69, 9.17) is 0 Å². The van der Waals surface area contributed by atoms with Crippen molar-refractivity contribution < 1.29 is 53.6 Å². The lowest BCUT2D eigenvalue weighted by atomic mass is 9.93. The maximum atomic E-state index is 14.1. The molecule has 0 atom stereocenters. The molecule has 6 N–H and O–H groups in total. The summed E-state index contributed by atoms with van der Waals surface area (Å²) < 4.78 is 104. The van der Waals surface area contributed by atoms with Gasteiger partial charge in [-0.3, -0.25) is 64.5 Å².